The lowest BCUT2D eigenvalue weighted by Crippen LogP contribution is -2.56. The number of alkyl halides is 3. The molecular formula is C25H29F4N3O4. The molecule has 0 radical (unpaired) electrons. The van der Waals surface area contributed by atoms with Crippen molar-refractivity contribution in [3.63, 3.8) is 0 Å². The lowest BCUT2D eigenvalue weighted by molar-refractivity contribution is -0.130. The second-order valence-corrected chi connectivity index (χ2v) is 10.4. The third-order valence-corrected chi connectivity index (χ3v) is 7.85. The van der Waals surface area contributed by atoms with Gasteiger partial charge in [0.1, 0.15) is 12.2 Å². The van der Waals surface area contributed by atoms with E-state index in [1.807, 2.05) is 13.8 Å². The number of nitrogens with one attached hydrogen (secondary N) is 1. The van der Waals surface area contributed by atoms with Crippen molar-refractivity contribution in [2.75, 3.05) is 23.3 Å². The van der Waals surface area contributed by atoms with Crippen LogP contribution in [0.5, 0.6) is 11.5 Å². The predicted molar refractivity (Wildman–Crippen MR) is 123 cm³/mol. The van der Waals surface area contributed by atoms with Crippen molar-refractivity contribution in [2.45, 2.75) is 64.7 Å². The number of ether oxygens (including phenoxy) is 1. The van der Waals surface area contributed by atoms with Gasteiger partial charge in [-0.25, -0.2) is 4.39 Å². The van der Waals surface area contributed by atoms with E-state index in [0.717, 1.165) is 44.2 Å². The number of carbonyl (C=O) groups excluding carboxylic acids is 1. The van der Waals surface area contributed by atoms with Crippen LogP contribution < -0.4 is 15.0 Å². The van der Waals surface area contributed by atoms with Crippen LogP contribution in [0.1, 0.15) is 62.2 Å². The molecule has 2 aliphatic carbocycles. The molecule has 1 aromatic heterocycles. The first-order valence-electron chi connectivity index (χ1n) is 12.3. The molecule has 5 rings (SSSR count). The maximum Gasteiger partial charge on any atom is 0.396 e. The van der Waals surface area contributed by atoms with Gasteiger partial charge in [-0.1, -0.05) is 13.8 Å². The minimum Gasteiger partial charge on any atom is -0.504 e. The van der Waals surface area contributed by atoms with Crippen LogP contribution >= 0.6 is 0 Å². The zero-order valence-electron chi connectivity index (χ0n) is 20.1. The highest BCUT2D eigenvalue weighted by Gasteiger charge is 2.47. The summed E-state index contributed by atoms with van der Waals surface area (Å²) in [5.41, 5.74) is -0.629. The Morgan fingerprint density at radius 2 is 1.89 bits per heavy atom. The molecule has 1 amide bonds. The molecule has 1 saturated heterocycles. The van der Waals surface area contributed by atoms with E-state index >= 15 is 0 Å². The third kappa shape index (κ3) is 4.84. The van der Waals surface area contributed by atoms with Crippen molar-refractivity contribution >= 4 is 17.6 Å². The number of carbonyl (C=O) groups is 1. The standard InChI is InChI=1S/C25H29F4N3O4/c1-3-24(4-2)11-32(12-24)23-31-20(19(36-23)10-25(27,28)29)22(34)30-15-8-17(26)21(18(33)9-15)35-16-6-13-5-14(13)7-16/h8-9,13-14,16,33H,3-7,10-12H2,1-2H3,(H,30,34)/t13-,14?,16?/m0/s1. The summed E-state index contributed by atoms with van der Waals surface area (Å²) in [6.45, 7) is 5.23. The normalized spacial score (nSPS) is 24.3. The van der Waals surface area contributed by atoms with Gasteiger partial charge >= 0.3 is 6.18 Å². The van der Waals surface area contributed by atoms with E-state index in [9.17, 15) is 27.5 Å². The van der Waals surface area contributed by atoms with E-state index in [0.29, 0.717) is 24.9 Å². The molecular weight excluding hydrogens is 482 g/mol. The van der Waals surface area contributed by atoms with E-state index in [-0.39, 0.29) is 29.0 Å². The first kappa shape index (κ1) is 24.7. The van der Waals surface area contributed by atoms with Crippen LogP contribution in [0.15, 0.2) is 16.5 Å². The van der Waals surface area contributed by atoms with E-state index in [4.69, 9.17) is 9.15 Å². The van der Waals surface area contributed by atoms with E-state index in [1.54, 1.807) is 4.90 Å². The highest BCUT2D eigenvalue weighted by Crippen LogP contribution is 2.53. The Balaban J connectivity index is 1.32. The second kappa shape index (κ2) is 8.85. The molecule has 2 saturated carbocycles. The molecule has 196 valence electrons. The molecule has 2 aromatic rings. The Bertz CT molecular complexity index is 1120. The van der Waals surface area contributed by atoms with Crippen molar-refractivity contribution in [2.24, 2.45) is 17.3 Å². The molecule has 2 heterocycles. The van der Waals surface area contributed by atoms with Crippen LogP contribution in [0, 0.1) is 23.1 Å². The molecule has 11 heteroatoms. The topological polar surface area (TPSA) is 87.8 Å². The van der Waals surface area contributed by atoms with Crippen LogP contribution in [0.2, 0.25) is 0 Å². The maximum atomic E-state index is 14.7. The molecule has 3 atom stereocenters. The molecule has 0 bridgehead atoms. The van der Waals surface area contributed by atoms with Gasteiger partial charge in [0.2, 0.25) is 0 Å². The first-order chi connectivity index (χ1) is 17.0. The molecule has 3 fully saturated rings. The lowest BCUT2D eigenvalue weighted by Gasteiger charge is -2.49. The van der Waals surface area contributed by atoms with Gasteiger partial charge in [0.05, 0.1) is 6.10 Å². The fourth-order valence-electron chi connectivity index (χ4n) is 5.43. The Kier molecular flexibility index (Phi) is 6.07. The van der Waals surface area contributed by atoms with Crippen molar-refractivity contribution in [1.29, 1.82) is 0 Å². The quantitative estimate of drug-likeness (QED) is 0.444. The van der Waals surface area contributed by atoms with Crippen LogP contribution in [-0.2, 0) is 6.42 Å². The number of benzene rings is 1. The van der Waals surface area contributed by atoms with Gasteiger partial charge in [-0.15, -0.1) is 0 Å². The van der Waals surface area contributed by atoms with E-state index in [1.165, 1.54) is 0 Å². The summed E-state index contributed by atoms with van der Waals surface area (Å²) in [7, 11) is 0. The highest BCUT2D eigenvalue weighted by atomic mass is 19.4. The Hall–Kier alpha value is -2.98. The van der Waals surface area contributed by atoms with Gasteiger partial charge in [0.25, 0.3) is 11.9 Å². The summed E-state index contributed by atoms with van der Waals surface area (Å²) in [6.07, 6.45) is -1.68. The van der Waals surface area contributed by atoms with Gasteiger partial charge in [0.15, 0.2) is 23.0 Å². The smallest absolute Gasteiger partial charge is 0.396 e. The zero-order valence-corrected chi connectivity index (χ0v) is 20.1. The van der Waals surface area contributed by atoms with Crippen molar-refractivity contribution in [3.8, 4) is 11.5 Å². The number of aromatic hydroxyl groups is 1. The van der Waals surface area contributed by atoms with Gasteiger partial charge in [0, 0.05) is 36.3 Å². The Labute approximate surface area is 205 Å². The number of amides is 1. The highest BCUT2D eigenvalue weighted by molar-refractivity contribution is 6.04. The fourth-order valence-corrected chi connectivity index (χ4v) is 5.43. The van der Waals surface area contributed by atoms with E-state index in [2.05, 4.69) is 10.3 Å². The summed E-state index contributed by atoms with van der Waals surface area (Å²) in [6, 6.07) is 2.01. The van der Waals surface area contributed by atoms with Crippen LogP contribution in [-0.4, -0.2) is 41.4 Å². The average Bonchev–Trinajstić information content (AvgIpc) is 3.17. The average molecular weight is 512 g/mol. The van der Waals surface area contributed by atoms with Crippen LogP contribution in [0.3, 0.4) is 0 Å². The van der Waals surface area contributed by atoms with Gasteiger partial charge < -0.3 is 24.5 Å². The molecule has 1 aromatic carbocycles. The number of phenolic OH excluding ortho intramolecular Hbond substituents is 1. The SMILES string of the molecule is CCC1(CC)CN(c2nc(C(=O)Nc3cc(O)c(OC4CC5C[C@H]5C4)c(F)c3)c(CC(F)(F)F)o2)C1. The molecule has 36 heavy (non-hydrogen) atoms. The number of phenols is 1. The second-order valence-electron chi connectivity index (χ2n) is 10.4. The van der Waals surface area contributed by atoms with Gasteiger partial charge in [-0.05, 0) is 43.9 Å². The molecule has 1 aliphatic heterocycles. The lowest BCUT2D eigenvalue weighted by atomic mass is 9.75. The zero-order chi connectivity index (χ0) is 25.8. The number of anilines is 2. The minimum atomic E-state index is -4.62. The summed E-state index contributed by atoms with van der Waals surface area (Å²) < 4.78 is 65.2. The van der Waals surface area contributed by atoms with E-state index < -0.39 is 41.5 Å². The van der Waals surface area contributed by atoms with Crippen LogP contribution in [0.4, 0.5) is 29.3 Å². The number of fused-ring (bicyclic) bond motifs is 1. The molecule has 2 N–H and O–H groups in total. The summed E-state index contributed by atoms with van der Waals surface area (Å²) in [5, 5.41) is 12.6. The largest absolute Gasteiger partial charge is 0.504 e. The fraction of sp³-hybridized carbons (Fsp3) is 0.600. The molecule has 2 unspecified atom stereocenters. The van der Waals surface area contributed by atoms with Crippen molar-refractivity contribution in [3.05, 3.63) is 29.4 Å². The predicted octanol–water partition coefficient (Wildman–Crippen LogP) is 5.68. The maximum absolute atomic E-state index is 14.7. The number of oxazole rings is 1. The first-order valence-corrected chi connectivity index (χ1v) is 12.3. The monoisotopic (exact) mass is 511 g/mol. The van der Waals surface area contributed by atoms with Gasteiger partial charge in [-0.3, -0.25) is 4.79 Å². The minimum absolute atomic E-state index is 0.0406. The van der Waals surface area contributed by atoms with Crippen molar-refractivity contribution in [1.82, 2.24) is 4.98 Å². The summed E-state index contributed by atoms with van der Waals surface area (Å²) in [5.74, 6) is -2.08. The molecule has 0 spiro atoms. The number of hydrogen-bond donors (Lipinski definition) is 2. The van der Waals surface area contributed by atoms with Crippen molar-refractivity contribution < 1.29 is 36.6 Å². The summed E-state index contributed by atoms with van der Waals surface area (Å²) in [4.78, 5) is 18.6. The third-order valence-electron chi connectivity index (χ3n) is 7.85. The molecule has 3 aliphatic rings. The van der Waals surface area contributed by atoms with Crippen LogP contribution in [0.25, 0.3) is 0 Å². The number of hydrogen-bond acceptors (Lipinski definition) is 6. The number of halogens is 4. The number of aromatic nitrogens is 1. The number of nitrogens with zero attached hydrogens (tertiary/aromatic N) is 2. The Morgan fingerprint density at radius 3 is 2.47 bits per heavy atom. The Morgan fingerprint density at radius 1 is 1.22 bits per heavy atom. The van der Waals surface area contributed by atoms with Gasteiger partial charge in [-0.2, -0.15) is 18.2 Å². The molecule has 7 nitrogen and oxygen atoms in total. The summed E-state index contributed by atoms with van der Waals surface area (Å²) >= 11 is 0. The number of rotatable bonds is 8.